The molecule has 10 heteroatoms. The summed E-state index contributed by atoms with van der Waals surface area (Å²) in [5.41, 5.74) is -1.04. The number of halogens is 3. The molecule has 1 N–H and O–H groups in total. The van der Waals surface area contributed by atoms with Gasteiger partial charge in [-0.25, -0.2) is 0 Å². The summed E-state index contributed by atoms with van der Waals surface area (Å²) in [5, 5.41) is 2.68. The lowest BCUT2D eigenvalue weighted by Crippen LogP contribution is -2.45. The fourth-order valence-corrected chi connectivity index (χ4v) is 4.16. The lowest BCUT2D eigenvalue weighted by Gasteiger charge is -2.38. The quantitative estimate of drug-likeness (QED) is 0.123. The highest BCUT2D eigenvalue weighted by atomic mass is 32.1. The summed E-state index contributed by atoms with van der Waals surface area (Å²) in [6.45, 7) is 20.5. The zero-order valence-electron chi connectivity index (χ0n) is 23.6. The minimum absolute atomic E-state index is 0.00987. The molecule has 0 aromatic heterocycles. The molecule has 1 aliphatic rings. The number of hydrogen-bond acceptors (Lipinski definition) is 6. The smallest absolute Gasteiger partial charge is 0.401 e. The van der Waals surface area contributed by atoms with Crippen LogP contribution in [0.4, 0.5) is 13.2 Å². The normalized spacial score (nSPS) is 22.5. The maximum Gasteiger partial charge on any atom is 0.401 e. The van der Waals surface area contributed by atoms with Crippen molar-refractivity contribution < 1.29 is 27.4 Å². The number of nitrogens with one attached hydrogen (secondary N) is 1. The summed E-state index contributed by atoms with van der Waals surface area (Å²) >= 11 is 4.60. The lowest BCUT2D eigenvalue weighted by atomic mass is 9.80. The van der Waals surface area contributed by atoms with Crippen molar-refractivity contribution in [1.82, 2.24) is 10.2 Å². The number of nitrogens with zero attached hydrogens (tertiary/aromatic N) is 1. The maximum atomic E-state index is 13.5. The Balaban J connectivity index is 3.10. The van der Waals surface area contributed by atoms with Crippen molar-refractivity contribution in [2.45, 2.75) is 122 Å². The van der Waals surface area contributed by atoms with Crippen LogP contribution in [-0.4, -0.2) is 65.5 Å². The summed E-state index contributed by atoms with van der Waals surface area (Å²) in [5.74, 6) is -0.220. The highest BCUT2D eigenvalue weighted by Crippen LogP contribution is 2.36. The van der Waals surface area contributed by atoms with Gasteiger partial charge in [0.15, 0.2) is 11.7 Å². The van der Waals surface area contributed by atoms with Crippen molar-refractivity contribution in [1.29, 1.82) is 0 Å². The molecule has 1 radical (unpaired) electrons. The van der Waals surface area contributed by atoms with Gasteiger partial charge in [-0.05, 0) is 67.9 Å². The molecule has 1 heterocycles. The van der Waals surface area contributed by atoms with Gasteiger partial charge < -0.3 is 19.6 Å². The first-order chi connectivity index (χ1) is 16.2. The average molecular weight is 536 g/mol. The topological polar surface area (TPSA) is 50.8 Å². The van der Waals surface area contributed by atoms with Crippen molar-refractivity contribution in [2.24, 2.45) is 11.8 Å². The first kappa shape index (κ1) is 33.2. The molecule has 0 amide bonds. The van der Waals surface area contributed by atoms with Crippen LogP contribution in [0.15, 0.2) is 12.5 Å². The molecule has 36 heavy (non-hydrogen) atoms. The van der Waals surface area contributed by atoms with E-state index in [1.54, 1.807) is 12.4 Å². The number of likely N-dealkylation sites (tertiary alicyclic amines) is 1. The molecule has 0 aromatic rings. The van der Waals surface area contributed by atoms with E-state index in [1.807, 2.05) is 62.3 Å². The fourth-order valence-electron chi connectivity index (χ4n) is 4.11. The SMILES string of the molecule is C=C(OC(C)(C)C)N1C[C@H](NCC(F)(F)F)C(CCC[B]OC(C)(C)C(C)(C)S)[C@H]1C(=O)C(C)CC. The number of alkyl halides is 3. The second kappa shape index (κ2) is 12.8. The third-order valence-electron chi connectivity index (χ3n) is 7.06. The third-order valence-corrected chi connectivity index (χ3v) is 7.60. The molecule has 0 bridgehead atoms. The summed E-state index contributed by atoms with van der Waals surface area (Å²) in [7, 11) is 1.75. The van der Waals surface area contributed by atoms with E-state index in [0.717, 1.165) is 0 Å². The number of ketones is 1. The molecule has 1 rings (SSSR count). The van der Waals surface area contributed by atoms with Crippen LogP contribution in [0.3, 0.4) is 0 Å². The second-order valence-electron chi connectivity index (χ2n) is 12.0. The largest absolute Gasteiger partial charge is 0.474 e. The van der Waals surface area contributed by atoms with Gasteiger partial charge in [-0.3, -0.25) is 4.79 Å². The molecular weight excluding hydrogens is 488 g/mol. The van der Waals surface area contributed by atoms with E-state index in [9.17, 15) is 18.0 Å². The Hall–Kier alpha value is -0.865. The van der Waals surface area contributed by atoms with Crippen molar-refractivity contribution in [2.75, 3.05) is 13.1 Å². The Morgan fingerprint density at radius 3 is 2.25 bits per heavy atom. The zero-order chi connectivity index (χ0) is 28.1. The Kier molecular flexibility index (Phi) is 11.8. The number of carbonyl (C=O) groups is 1. The fraction of sp³-hybridized carbons (Fsp3) is 0.885. The molecule has 0 aliphatic carbocycles. The van der Waals surface area contributed by atoms with E-state index in [-0.39, 0.29) is 28.9 Å². The minimum atomic E-state index is -4.35. The van der Waals surface area contributed by atoms with Crippen LogP contribution in [0.1, 0.15) is 81.6 Å². The third kappa shape index (κ3) is 10.1. The molecule has 4 atom stereocenters. The Morgan fingerprint density at radius 1 is 1.19 bits per heavy atom. The lowest BCUT2D eigenvalue weighted by molar-refractivity contribution is -0.129. The van der Waals surface area contributed by atoms with Crippen LogP contribution in [0.5, 0.6) is 0 Å². The molecular formula is C26H47BF3N2O3S. The first-order valence-electron chi connectivity index (χ1n) is 12.9. The van der Waals surface area contributed by atoms with Gasteiger partial charge in [0.05, 0.1) is 18.2 Å². The van der Waals surface area contributed by atoms with E-state index in [0.29, 0.717) is 31.5 Å². The Morgan fingerprint density at radius 2 is 1.78 bits per heavy atom. The van der Waals surface area contributed by atoms with Crippen LogP contribution in [-0.2, 0) is 14.2 Å². The first-order valence-corrected chi connectivity index (χ1v) is 13.3. The molecule has 0 saturated carbocycles. The van der Waals surface area contributed by atoms with E-state index < -0.39 is 36.0 Å². The number of thiol groups is 1. The van der Waals surface area contributed by atoms with E-state index >= 15 is 0 Å². The molecule has 1 saturated heterocycles. The molecule has 1 aliphatic heterocycles. The number of ether oxygens (including phenoxy) is 1. The minimum Gasteiger partial charge on any atom is -0.474 e. The number of rotatable bonds is 14. The van der Waals surface area contributed by atoms with Crippen LogP contribution < -0.4 is 5.32 Å². The monoisotopic (exact) mass is 535 g/mol. The van der Waals surface area contributed by atoms with Crippen molar-refractivity contribution >= 4 is 25.9 Å². The molecule has 1 fully saturated rings. The van der Waals surface area contributed by atoms with E-state index in [2.05, 4.69) is 24.5 Å². The number of carbonyl (C=O) groups excluding carboxylic acids is 1. The average Bonchev–Trinajstić information content (AvgIpc) is 3.06. The van der Waals surface area contributed by atoms with Crippen LogP contribution >= 0.6 is 12.6 Å². The van der Waals surface area contributed by atoms with Crippen molar-refractivity contribution in [3.63, 3.8) is 0 Å². The number of hydrogen-bond donors (Lipinski definition) is 2. The molecule has 0 spiro atoms. The van der Waals surface area contributed by atoms with Crippen molar-refractivity contribution in [3.05, 3.63) is 12.5 Å². The predicted octanol–water partition coefficient (Wildman–Crippen LogP) is 6.03. The molecule has 0 aromatic carbocycles. The maximum absolute atomic E-state index is 13.5. The molecule has 209 valence electrons. The predicted molar refractivity (Wildman–Crippen MR) is 144 cm³/mol. The van der Waals surface area contributed by atoms with Crippen LogP contribution in [0.2, 0.25) is 6.32 Å². The highest BCUT2D eigenvalue weighted by Gasteiger charge is 2.48. The Labute approximate surface area is 223 Å². The summed E-state index contributed by atoms with van der Waals surface area (Å²) in [6.07, 6.45) is -1.85. The standard InChI is InChI=1S/C26H47BF3N2O3S/c1-11-17(2)22(33)21-19(13-12-14-27-35-24(7,8)25(9,10)36)20(31-16-26(28,29)30)15-32(21)18(3)34-23(4,5)6/h17,19-21,31,36H,3,11-16H2,1-2,4-10H3/t17?,19?,20-,21-/m0/s1. The van der Waals surface area contributed by atoms with Gasteiger partial charge in [-0.1, -0.05) is 26.6 Å². The van der Waals surface area contributed by atoms with Gasteiger partial charge in [0.1, 0.15) is 5.60 Å². The van der Waals surface area contributed by atoms with Gasteiger partial charge in [0.25, 0.3) is 7.48 Å². The van der Waals surface area contributed by atoms with Crippen LogP contribution in [0.25, 0.3) is 0 Å². The summed E-state index contributed by atoms with van der Waals surface area (Å²) in [4.78, 5) is 15.3. The second-order valence-corrected chi connectivity index (χ2v) is 13.1. The van der Waals surface area contributed by atoms with Gasteiger partial charge in [-0.15, -0.1) is 0 Å². The van der Waals surface area contributed by atoms with Gasteiger partial charge in [0.2, 0.25) is 0 Å². The molecule has 2 unspecified atom stereocenters. The Bertz CT molecular complexity index is 735. The van der Waals surface area contributed by atoms with Gasteiger partial charge in [-0.2, -0.15) is 25.8 Å². The van der Waals surface area contributed by atoms with E-state index in [1.165, 1.54) is 0 Å². The van der Waals surface area contributed by atoms with Crippen molar-refractivity contribution in [3.8, 4) is 0 Å². The summed E-state index contributed by atoms with van der Waals surface area (Å²) < 4.78 is 50.9. The highest BCUT2D eigenvalue weighted by molar-refractivity contribution is 7.81. The van der Waals surface area contributed by atoms with Gasteiger partial charge in [0, 0.05) is 29.2 Å². The van der Waals surface area contributed by atoms with Crippen LogP contribution in [0, 0.1) is 11.8 Å². The molecule has 5 nitrogen and oxygen atoms in total. The summed E-state index contributed by atoms with van der Waals surface area (Å²) in [6, 6.07) is -1.13. The van der Waals surface area contributed by atoms with E-state index in [4.69, 9.17) is 9.39 Å². The number of Topliss-reactive ketones (excluding diaryl/α,β-unsaturated/α-hetero) is 1. The van der Waals surface area contributed by atoms with Gasteiger partial charge >= 0.3 is 6.18 Å². The zero-order valence-corrected chi connectivity index (χ0v) is 24.5.